The van der Waals surface area contributed by atoms with Crippen LogP contribution in [0.1, 0.15) is 64.2 Å². The van der Waals surface area contributed by atoms with Crippen LogP contribution in [0.3, 0.4) is 0 Å². The molecule has 0 unspecified atom stereocenters. The fraction of sp³-hybridized carbons (Fsp3) is 0.250. The number of anilines is 2. The van der Waals surface area contributed by atoms with Crippen molar-refractivity contribution in [1.29, 1.82) is 0 Å². The first-order valence-electron chi connectivity index (χ1n) is 16.1. The molecule has 0 aliphatic rings. The third kappa shape index (κ3) is 6.92. The number of carbonyl (C=O) groups excluding carboxylic acids is 2. The van der Waals surface area contributed by atoms with Crippen molar-refractivity contribution in [3.8, 4) is 0 Å². The standard InChI is InChI=1S/C40H40N2O2/c43-37(41-39-33-21-13-9-17-29(33)27-30-18-10-14-22-34(30)39)25-7-5-3-1-2-4-6-8-26-38(44)42-40-35-23-15-11-19-31(35)28-32-20-12-16-24-36(32)40/h9-24,27-28H,1-8,25-26H2,(H,41,43)(H,42,44). The summed E-state index contributed by atoms with van der Waals surface area (Å²) in [5.74, 6) is 0.169. The van der Waals surface area contributed by atoms with Crippen molar-refractivity contribution in [2.75, 3.05) is 10.6 Å². The molecule has 6 aromatic rings. The second-order valence-corrected chi connectivity index (χ2v) is 11.8. The van der Waals surface area contributed by atoms with E-state index in [2.05, 4.69) is 71.3 Å². The highest BCUT2D eigenvalue weighted by atomic mass is 16.2. The maximum Gasteiger partial charge on any atom is 0.224 e. The smallest absolute Gasteiger partial charge is 0.224 e. The Morgan fingerprint density at radius 3 is 0.977 bits per heavy atom. The summed E-state index contributed by atoms with van der Waals surface area (Å²) in [5, 5.41) is 15.3. The molecule has 4 nitrogen and oxygen atoms in total. The van der Waals surface area contributed by atoms with Gasteiger partial charge in [0, 0.05) is 34.4 Å². The molecule has 0 aliphatic heterocycles. The summed E-state index contributed by atoms with van der Waals surface area (Å²) >= 11 is 0. The Bertz CT molecular complexity index is 1680. The average Bonchev–Trinajstić information content (AvgIpc) is 3.05. The second-order valence-electron chi connectivity index (χ2n) is 11.8. The molecule has 0 bridgehead atoms. The fourth-order valence-corrected chi connectivity index (χ4v) is 6.33. The summed E-state index contributed by atoms with van der Waals surface area (Å²) in [4.78, 5) is 25.7. The minimum atomic E-state index is 0.0845. The van der Waals surface area contributed by atoms with Gasteiger partial charge in [-0.1, -0.05) is 136 Å². The normalized spacial score (nSPS) is 11.4. The highest BCUT2D eigenvalue weighted by Crippen LogP contribution is 2.34. The lowest BCUT2D eigenvalue weighted by Crippen LogP contribution is -2.12. The van der Waals surface area contributed by atoms with Gasteiger partial charge in [0.25, 0.3) is 0 Å². The van der Waals surface area contributed by atoms with Crippen molar-refractivity contribution in [3.05, 3.63) is 109 Å². The van der Waals surface area contributed by atoms with Gasteiger partial charge in [-0.05, 0) is 46.5 Å². The topological polar surface area (TPSA) is 58.2 Å². The summed E-state index contributed by atoms with van der Waals surface area (Å²) in [5.41, 5.74) is 1.84. The molecule has 0 aliphatic carbocycles. The molecular weight excluding hydrogens is 540 g/mol. The minimum Gasteiger partial charge on any atom is -0.325 e. The molecule has 0 aromatic heterocycles. The van der Waals surface area contributed by atoms with Gasteiger partial charge < -0.3 is 10.6 Å². The summed E-state index contributed by atoms with van der Waals surface area (Å²) in [6, 6.07) is 37.3. The molecule has 0 atom stereocenters. The Morgan fingerprint density at radius 1 is 0.386 bits per heavy atom. The maximum absolute atomic E-state index is 12.9. The molecule has 0 saturated carbocycles. The van der Waals surface area contributed by atoms with E-state index < -0.39 is 0 Å². The van der Waals surface area contributed by atoms with E-state index in [0.717, 1.165) is 93.0 Å². The molecule has 222 valence electrons. The fourth-order valence-electron chi connectivity index (χ4n) is 6.33. The third-order valence-corrected chi connectivity index (χ3v) is 8.63. The zero-order chi connectivity index (χ0) is 30.1. The van der Waals surface area contributed by atoms with Crippen molar-refractivity contribution in [2.24, 2.45) is 0 Å². The van der Waals surface area contributed by atoms with Crippen LogP contribution < -0.4 is 10.6 Å². The first kappa shape index (κ1) is 29.4. The van der Waals surface area contributed by atoms with Gasteiger partial charge in [-0.2, -0.15) is 0 Å². The lowest BCUT2D eigenvalue weighted by atomic mass is 10.0. The Labute approximate surface area is 259 Å². The minimum absolute atomic E-state index is 0.0845. The largest absolute Gasteiger partial charge is 0.325 e. The van der Waals surface area contributed by atoms with Crippen LogP contribution in [0.25, 0.3) is 43.1 Å². The number of fused-ring (bicyclic) bond motifs is 4. The Balaban J connectivity index is 0.884. The van der Waals surface area contributed by atoms with E-state index in [1.54, 1.807) is 0 Å². The van der Waals surface area contributed by atoms with Crippen molar-refractivity contribution in [2.45, 2.75) is 64.2 Å². The van der Waals surface area contributed by atoms with Crippen LogP contribution >= 0.6 is 0 Å². The van der Waals surface area contributed by atoms with Gasteiger partial charge in [0.2, 0.25) is 11.8 Å². The van der Waals surface area contributed by atoms with Gasteiger partial charge in [0.1, 0.15) is 0 Å². The SMILES string of the molecule is O=C(CCCCCCCCCCC(=O)Nc1c2ccccc2cc2ccccc12)Nc1c2ccccc2cc2ccccc12. The molecule has 6 rings (SSSR count). The Kier molecular flexibility index (Phi) is 9.47. The van der Waals surface area contributed by atoms with Gasteiger partial charge >= 0.3 is 0 Å². The van der Waals surface area contributed by atoms with Gasteiger partial charge in [-0.25, -0.2) is 0 Å². The van der Waals surface area contributed by atoms with Crippen LogP contribution in [0.5, 0.6) is 0 Å². The molecule has 2 N–H and O–H groups in total. The lowest BCUT2D eigenvalue weighted by molar-refractivity contribution is -0.117. The molecule has 2 amide bonds. The molecule has 0 heterocycles. The summed E-state index contributed by atoms with van der Waals surface area (Å²) in [6.45, 7) is 0. The van der Waals surface area contributed by atoms with Crippen LogP contribution in [0.2, 0.25) is 0 Å². The Hall–Kier alpha value is -4.70. The lowest BCUT2D eigenvalue weighted by Gasteiger charge is -2.13. The number of carbonyl (C=O) groups is 2. The Morgan fingerprint density at radius 2 is 0.659 bits per heavy atom. The highest BCUT2D eigenvalue weighted by molar-refractivity contribution is 6.16. The first-order valence-corrected chi connectivity index (χ1v) is 16.1. The van der Waals surface area contributed by atoms with Crippen molar-refractivity contribution in [1.82, 2.24) is 0 Å². The molecule has 0 saturated heterocycles. The predicted molar refractivity (Wildman–Crippen MR) is 186 cm³/mol. The first-order chi connectivity index (χ1) is 21.7. The molecule has 44 heavy (non-hydrogen) atoms. The number of unbranched alkanes of at least 4 members (excludes halogenated alkanes) is 7. The summed E-state index contributed by atoms with van der Waals surface area (Å²) < 4.78 is 0. The second kappa shape index (κ2) is 14.2. The van der Waals surface area contributed by atoms with Crippen LogP contribution in [-0.2, 0) is 9.59 Å². The van der Waals surface area contributed by atoms with E-state index in [1.807, 2.05) is 48.5 Å². The van der Waals surface area contributed by atoms with E-state index in [4.69, 9.17) is 0 Å². The monoisotopic (exact) mass is 580 g/mol. The molecule has 4 heteroatoms. The van der Waals surface area contributed by atoms with E-state index in [1.165, 1.54) is 12.8 Å². The van der Waals surface area contributed by atoms with E-state index in [9.17, 15) is 9.59 Å². The van der Waals surface area contributed by atoms with Crippen molar-refractivity contribution < 1.29 is 9.59 Å². The molecule has 0 spiro atoms. The zero-order valence-electron chi connectivity index (χ0n) is 25.3. The number of benzene rings is 6. The van der Waals surface area contributed by atoms with Crippen LogP contribution in [-0.4, -0.2) is 11.8 Å². The van der Waals surface area contributed by atoms with Crippen LogP contribution in [0.4, 0.5) is 11.4 Å². The highest BCUT2D eigenvalue weighted by Gasteiger charge is 2.12. The van der Waals surface area contributed by atoms with E-state index in [0.29, 0.717) is 12.8 Å². The number of hydrogen-bond acceptors (Lipinski definition) is 2. The summed E-state index contributed by atoms with van der Waals surface area (Å²) in [7, 11) is 0. The molecular formula is C40H40N2O2. The number of nitrogens with one attached hydrogen (secondary N) is 2. The molecule has 0 radical (unpaired) electrons. The van der Waals surface area contributed by atoms with Crippen LogP contribution in [0, 0.1) is 0 Å². The summed E-state index contributed by atoms with van der Waals surface area (Å²) in [6.07, 6.45) is 9.62. The number of hydrogen-bond donors (Lipinski definition) is 2. The third-order valence-electron chi connectivity index (χ3n) is 8.63. The van der Waals surface area contributed by atoms with Crippen LogP contribution in [0.15, 0.2) is 109 Å². The van der Waals surface area contributed by atoms with E-state index >= 15 is 0 Å². The number of rotatable bonds is 13. The van der Waals surface area contributed by atoms with Gasteiger partial charge in [0.05, 0.1) is 11.4 Å². The number of amides is 2. The average molecular weight is 581 g/mol. The quantitative estimate of drug-likeness (QED) is 0.105. The zero-order valence-corrected chi connectivity index (χ0v) is 25.3. The van der Waals surface area contributed by atoms with E-state index in [-0.39, 0.29) is 11.8 Å². The predicted octanol–water partition coefficient (Wildman–Crippen LogP) is 10.8. The van der Waals surface area contributed by atoms with Gasteiger partial charge in [-0.15, -0.1) is 0 Å². The molecule has 0 fully saturated rings. The van der Waals surface area contributed by atoms with Gasteiger partial charge in [0.15, 0.2) is 0 Å². The molecule has 6 aromatic carbocycles. The maximum atomic E-state index is 12.9. The van der Waals surface area contributed by atoms with Gasteiger partial charge in [-0.3, -0.25) is 9.59 Å². The van der Waals surface area contributed by atoms with Crippen molar-refractivity contribution >= 4 is 66.3 Å². The van der Waals surface area contributed by atoms with Crippen molar-refractivity contribution in [3.63, 3.8) is 0 Å².